The van der Waals surface area contributed by atoms with Crippen molar-refractivity contribution >= 4 is 46.6 Å². The fraction of sp³-hybridized carbons (Fsp3) is 0.286. The highest BCUT2D eigenvalue weighted by Crippen LogP contribution is 2.34. The van der Waals surface area contributed by atoms with Crippen LogP contribution in [0.1, 0.15) is 19.8 Å². The predicted octanol–water partition coefficient (Wildman–Crippen LogP) is 4.55. The largest absolute Gasteiger partial charge is 0.341 e. The summed E-state index contributed by atoms with van der Waals surface area (Å²) in [6.07, 6.45) is 2.15. The second-order valence-electron chi connectivity index (χ2n) is 7.29. The zero-order valence-electron chi connectivity index (χ0n) is 17.3. The topological polar surface area (TPSA) is 106 Å². The summed E-state index contributed by atoms with van der Waals surface area (Å²) in [5.41, 5.74) is 0.726. The summed E-state index contributed by atoms with van der Waals surface area (Å²) in [5, 5.41) is 23.1. The monoisotopic (exact) mass is 472 g/mol. The molecule has 1 aliphatic rings. The van der Waals surface area contributed by atoms with E-state index in [1.54, 1.807) is 25.1 Å². The second kappa shape index (κ2) is 9.58. The number of para-hydroxylation sites is 3. The number of hydrogen-bond acceptors (Lipinski definition) is 7. The van der Waals surface area contributed by atoms with Crippen LogP contribution in [0, 0.1) is 10.1 Å². The molecule has 32 heavy (non-hydrogen) atoms. The first-order valence-electron chi connectivity index (χ1n) is 10.1. The number of nitrogens with zero attached hydrogens (tertiary/aromatic N) is 5. The molecule has 1 N–H and O–H groups in total. The maximum absolute atomic E-state index is 12.8. The van der Waals surface area contributed by atoms with Gasteiger partial charge in [0.25, 0.3) is 5.69 Å². The normalized spacial score (nSPS) is 14.4. The molecular formula is C21H21ClN6O3S. The number of nitro benzene ring substituents is 1. The molecule has 1 saturated heterocycles. The number of halogens is 1. The van der Waals surface area contributed by atoms with Crippen LogP contribution >= 0.6 is 23.4 Å². The van der Waals surface area contributed by atoms with Gasteiger partial charge in [-0.3, -0.25) is 19.5 Å². The van der Waals surface area contributed by atoms with Crippen molar-refractivity contribution in [2.24, 2.45) is 0 Å². The van der Waals surface area contributed by atoms with Gasteiger partial charge in [0, 0.05) is 19.2 Å². The van der Waals surface area contributed by atoms with E-state index >= 15 is 0 Å². The maximum atomic E-state index is 12.8. The number of nitrogens with one attached hydrogen (secondary N) is 1. The Morgan fingerprint density at radius 3 is 2.56 bits per heavy atom. The van der Waals surface area contributed by atoms with Gasteiger partial charge in [0.15, 0.2) is 5.16 Å². The standard InChI is InChI=1S/C21H21ClN6O3S/c1-14(19(29)23-16-9-3-5-11-18(16)28(30)31)32-21-25-24-20(26-12-6-7-13-26)27(21)17-10-4-2-8-15(17)22/h2-5,8-11,14H,6-7,12-13H2,1H3,(H,23,29). The molecule has 0 saturated carbocycles. The van der Waals surface area contributed by atoms with Crippen molar-refractivity contribution in [1.82, 2.24) is 14.8 Å². The fourth-order valence-corrected chi connectivity index (χ4v) is 4.56. The highest BCUT2D eigenvalue weighted by Gasteiger charge is 2.27. The number of carbonyl (C=O) groups excluding carboxylic acids is 1. The molecule has 9 nitrogen and oxygen atoms in total. The van der Waals surface area contributed by atoms with Gasteiger partial charge in [-0.1, -0.05) is 47.6 Å². The van der Waals surface area contributed by atoms with Crippen LogP contribution in [0.15, 0.2) is 53.7 Å². The van der Waals surface area contributed by atoms with Gasteiger partial charge in [0.05, 0.1) is 20.9 Å². The Hall–Kier alpha value is -3.11. The van der Waals surface area contributed by atoms with Gasteiger partial charge >= 0.3 is 0 Å². The van der Waals surface area contributed by atoms with Gasteiger partial charge in [-0.05, 0) is 38.0 Å². The summed E-state index contributed by atoms with van der Waals surface area (Å²) in [6, 6.07) is 13.5. The molecule has 1 aliphatic heterocycles. The minimum Gasteiger partial charge on any atom is -0.341 e. The van der Waals surface area contributed by atoms with Crippen molar-refractivity contribution < 1.29 is 9.72 Å². The van der Waals surface area contributed by atoms with Crippen molar-refractivity contribution in [3.8, 4) is 5.69 Å². The Kier molecular flexibility index (Phi) is 6.61. The molecular weight excluding hydrogens is 452 g/mol. The smallest absolute Gasteiger partial charge is 0.292 e. The number of carbonyl (C=O) groups is 1. The van der Waals surface area contributed by atoms with Crippen LogP contribution in [-0.4, -0.2) is 43.9 Å². The van der Waals surface area contributed by atoms with E-state index < -0.39 is 10.2 Å². The van der Waals surface area contributed by atoms with Crippen molar-refractivity contribution in [3.63, 3.8) is 0 Å². The van der Waals surface area contributed by atoms with Crippen LogP contribution in [0.2, 0.25) is 5.02 Å². The van der Waals surface area contributed by atoms with Gasteiger partial charge in [0.1, 0.15) is 5.69 Å². The third-order valence-electron chi connectivity index (χ3n) is 5.11. The molecule has 166 valence electrons. The average Bonchev–Trinajstić information content (AvgIpc) is 3.44. The minimum absolute atomic E-state index is 0.153. The zero-order chi connectivity index (χ0) is 22.7. The van der Waals surface area contributed by atoms with Crippen LogP contribution in [-0.2, 0) is 4.79 Å². The van der Waals surface area contributed by atoms with Gasteiger partial charge in [-0.2, -0.15) is 0 Å². The van der Waals surface area contributed by atoms with Crippen molar-refractivity contribution in [3.05, 3.63) is 63.7 Å². The van der Waals surface area contributed by atoms with Crippen LogP contribution < -0.4 is 10.2 Å². The zero-order valence-corrected chi connectivity index (χ0v) is 18.8. The number of thioether (sulfide) groups is 1. The van der Waals surface area contributed by atoms with E-state index in [4.69, 9.17) is 11.6 Å². The van der Waals surface area contributed by atoms with Crippen LogP contribution in [0.3, 0.4) is 0 Å². The molecule has 0 bridgehead atoms. The minimum atomic E-state index is -0.591. The highest BCUT2D eigenvalue weighted by atomic mass is 35.5. The first-order valence-corrected chi connectivity index (χ1v) is 11.4. The molecule has 0 aliphatic carbocycles. The van der Waals surface area contributed by atoms with E-state index in [0.717, 1.165) is 31.6 Å². The molecule has 1 amide bonds. The summed E-state index contributed by atoms with van der Waals surface area (Å²) in [4.78, 5) is 25.7. The third kappa shape index (κ3) is 4.56. The first-order chi connectivity index (χ1) is 15.5. The molecule has 3 aromatic rings. The second-order valence-corrected chi connectivity index (χ2v) is 9.00. The summed E-state index contributed by atoms with van der Waals surface area (Å²) in [5.74, 6) is 0.310. The van der Waals surface area contributed by atoms with E-state index in [0.29, 0.717) is 16.1 Å². The lowest BCUT2D eigenvalue weighted by molar-refractivity contribution is -0.383. The molecule has 0 spiro atoms. The van der Waals surface area contributed by atoms with Gasteiger partial charge in [0.2, 0.25) is 11.9 Å². The predicted molar refractivity (Wildman–Crippen MR) is 125 cm³/mol. The van der Waals surface area contributed by atoms with E-state index in [-0.39, 0.29) is 17.3 Å². The van der Waals surface area contributed by atoms with Crippen LogP contribution in [0.25, 0.3) is 5.69 Å². The summed E-state index contributed by atoms with van der Waals surface area (Å²) in [7, 11) is 0. The molecule has 1 aromatic heterocycles. The molecule has 1 unspecified atom stereocenters. The number of benzene rings is 2. The molecule has 1 atom stereocenters. The van der Waals surface area contributed by atoms with Crippen molar-refractivity contribution in [2.45, 2.75) is 30.2 Å². The summed E-state index contributed by atoms with van der Waals surface area (Å²) >= 11 is 7.69. The Morgan fingerprint density at radius 2 is 1.84 bits per heavy atom. The number of rotatable bonds is 7. The molecule has 2 aromatic carbocycles. The number of aromatic nitrogens is 3. The SMILES string of the molecule is CC(Sc1nnc(N2CCCC2)n1-c1ccccc1Cl)C(=O)Nc1ccccc1[N+](=O)[O-]. The van der Waals surface area contributed by atoms with Crippen molar-refractivity contribution in [1.29, 1.82) is 0 Å². The van der Waals surface area contributed by atoms with Gasteiger partial charge < -0.3 is 10.2 Å². The van der Waals surface area contributed by atoms with E-state index in [1.165, 1.54) is 23.9 Å². The molecule has 1 fully saturated rings. The number of hydrogen-bond donors (Lipinski definition) is 1. The molecule has 4 rings (SSSR count). The Balaban J connectivity index is 1.61. The highest BCUT2D eigenvalue weighted by molar-refractivity contribution is 8.00. The molecule has 11 heteroatoms. The van der Waals surface area contributed by atoms with E-state index in [1.807, 2.05) is 22.8 Å². The van der Waals surface area contributed by atoms with Crippen molar-refractivity contribution in [2.75, 3.05) is 23.3 Å². The summed E-state index contributed by atoms with van der Waals surface area (Å²) < 4.78 is 1.87. The molecule has 2 heterocycles. The quantitative estimate of drug-likeness (QED) is 0.305. The fourth-order valence-electron chi connectivity index (χ4n) is 3.49. The average molecular weight is 473 g/mol. The third-order valence-corrected chi connectivity index (χ3v) is 6.47. The van der Waals surface area contributed by atoms with Crippen LogP contribution in [0.5, 0.6) is 0 Å². The lowest BCUT2D eigenvalue weighted by atomic mass is 10.2. The molecule has 0 radical (unpaired) electrons. The Labute approximate surface area is 193 Å². The lowest BCUT2D eigenvalue weighted by Gasteiger charge is -2.19. The number of anilines is 2. The first kappa shape index (κ1) is 22.1. The lowest BCUT2D eigenvalue weighted by Crippen LogP contribution is -2.24. The van der Waals surface area contributed by atoms with Gasteiger partial charge in [-0.15, -0.1) is 10.2 Å². The van der Waals surface area contributed by atoms with E-state index in [9.17, 15) is 14.9 Å². The Morgan fingerprint density at radius 1 is 1.16 bits per heavy atom. The number of nitro groups is 1. The van der Waals surface area contributed by atoms with Gasteiger partial charge in [-0.25, -0.2) is 0 Å². The summed E-state index contributed by atoms with van der Waals surface area (Å²) in [6.45, 7) is 3.47. The maximum Gasteiger partial charge on any atom is 0.292 e. The Bertz CT molecular complexity index is 1150. The van der Waals surface area contributed by atoms with Crippen LogP contribution in [0.4, 0.5) is 17.3 Å². The van der Waals surface area contributed by atoms with E-state index in [2.05, 4.69) is 20.4 Å². The number of amides is 1.